The number of alkyl halides is 3. The van der Waals surface area contributed by atoms with E-state index in [9.17, 15) is 18.0 Å². The third kappa shape index (κ3) is 6.43. The van der Waals surface area contributed by atoms with Crippen molar-refractivity contribution in [1.82, 2.24) is 5.32 Å². The summed E-state index contributed by atoms with van der Waals surface area (Å²) in [5.41, 5.74) is 0. The van der Waals surface area contributed by atoms with Crippen molar-refractivity contribution in [1.29, 1.82) is 0 Å². The number of esters is 1. The third-order valence-corrected chi connectivity index (χ3v) is 2.19. The van der Waals surface area contributed by atoms with Crippen LogP contribution in [0.3, 0.4) is 0 Å². The highest BCUT2D eigenvalue weighted by Crippen LogP contribution is 2.13. The van der Waals surface area contributed by atoms with Gasteiger partial charge in [0.15, 0.2) is 0 Å². The molecule has 8 heteroatoms. The Bertz CT molecular complexity index is 293. The van der Waals surface area contributed by atoms with Crippen LogP contribution in [0.25, 0.3) is 0 Å². The van der Waals surface area contributed by atoms with E-state index >= 15 is 0 Å². The highest BCUT2D eigenvalue weighted by Gasteiger charge is 2.38. The number of hydrogen-bond donors (Lipinski definition) is 2. The zero-order valence-electron chi connectivity index (χ0n) is 10.1. The van der Waals surface area contributed by atoms with Gasteiger partial charge < -0.3 is 15.2 Å². The van der Waals surface area contributed by atoms with Gasteiger partial charge in [-0.15, -0.1) is 0 Å². The normalized spacial score (nSPS) is 22.9. The van der Waals surface area contributed by atoms with Crippen molar-refractivity contribution < 1.29 is 32.6 Å². The average molecular weight is 271 g/mol. The molecule has 106 valence electrons. The van der Waals surface area contributed by atoms with Crippen LogP contribution in [0.15, 0.2) is 0 Å². The van der Waals surface area contributed by atoms with Crippen LogP contribution in [-0.2, 0) is 14.3 Å². The molecule has 2 atom stereocenters. The van der Waals surface area contributed by atoms with Crippen molar-refractivity contribution in [3.05, 3.63) is 0 Å². The Kier molecular flexibility index (Phi) is 6.67. The van der Waals surface area contributed by atoms with Crippen molar-refractivity contribution in [2.75, 3.05) is 6.61 Å². The summed E-state index contributed by atoms with van der Waals surface area (Å²) in [4.78, 5) is 20.0. The largest absolute Gasteiger partial charge is 0.490 e. The molecule has 0 saturated carbocycles. The lowest BCUT2D eigenvalue weighted by atomic mass is 10.2. The lowest BCUT2D eigenvalue weighted by Gasteiger charge is -2.09. The Balaban J connectivity index is 0.000000360. The van der Waals surface area contributed by atoms with E-state index in [4.69, 9.17) is 14.6 Å². The minimum atomic E-state index is -5.08. The summed E-state index contributed by atoms with van der Waals surface area (Å²) < 4.78 is 36.6. The van der Waals surface area contributed by atoms with E-state index in [-0.39, 0.29) is 12.0 Å². The second kappa shape index (κ2) is 7.20. The molecule has 0 radical (unpaired) electrons. The molecule has 0 aliphatic carbocycles. The van der Waals surface area contributed by atoms with E-state index in [1.807, 2.05) is 6.92 Å². The smallest absolute Gasteiger partial charge is 0.475 e. The molecule has 1 saturated heterocycles. The molecular weight excluding hydrogens is 255 g/mol. The molecule has 1 aliphatic rings. The first-order chi connectivity index (χ1) is 8.18. The summed E-state index contributed by atoms with van der Waals surface area (Å²) in [6.45, 7) is 4.39. The zero-order valence-corrected chi connectivity index (χ0v) is 10.1. The standard InChI is InChI=1S/C8H15NO2.C2HF3O2/c1-3-11-8(10)7-5-4-6(2)9-7;3-2(4,5)1(6)7/h6-7,9H,3-5H2,1-2H3;(H,6,7). The van der Waals surface area contributed by atoms with E-state index in [1.54, 1.807) is 0 Å². The number of carbonyl (C=O) groups excluding carboxylic acids is 1. The molecule has 1 aliphatic heterocycles. The van der Waals surface area contributed by atoms with Gasteiger partial charge in [0.05, 0.1) is 6.61 Å². The number of carboxylic acid groups (broad SMARTS) is 1. The van der Waals surface area contributed by atoms with E-state index < -0.39 is 12.1 Å². The lowest BCUT2D eigenvalue weighted by Crippen LogP contribution is -2.35. The summed E-state index contributed by atoms with van der Waals surface area (Å²) in [5, 5.41) is 10.3. The van der Waals surface area contributed by atoms with Crippen LogP contribution in [-0.4, -0.2) is 41.9 Å². The van der Waals surface area contributed by atoms with Crippen LogP contribution in [0.4, 0.5) is 13.2 Å². The molecule has 1 rings (SSSR count). The summed E-state index contributed by atoms with van der Waals surface area (Å²) in [5.74, 6) is -2.86. The molecule has 1 heterocycles. The number of carbonyl (C=O) groups is 2. The van der Waals surface area contributed by atoms with Crippen LogP contribution >= 0.6 is 0 Å². The van der Waals surface area contributed by atoms with Crippen LogP contribution < -0.4 is 5.32 Å². The lowest BCUT2D eigenvalue weighted by molar-refractivity contribution is -0.192. The molecule has 0 aromatic rings. The SMILES string of the molecule is CCOC(=O)C1CCC(C)N1.O=C(O)C(F)(F)F. The van der Waals surface area contributed by atoms with E-state index in [1.165, 1.54) is 0 Å². The van der Waals surface area contributed by atoms with Gasteiger partial charge in [-0.1, -0.05) is 0 Å². The van der Waals surface area contributed by atoms with Gasteiger partial charge in [0, 0.05) is 6.04 Å². The molecule has 0 aromatic carbocycles. The summed E-state index contributed by atoms with van der Waals surface area (Å²) >= 11 is 0. The van der Waals surface area contributed by atoms with Gasteiger partial charge in [0.1, 0.15) is 6.04 Å². The molecule has 18 heavy (non-hydrogen) atoms. The molecule has 0 aromatic heterocycles. The zero-order chi connectivity index (χ0) is 14.3. The summed E-state index contributed by atoms with van der Waals surface area (Å²) in [6.07, 6.45) is -3.09. The van der Waals surface area contributed by atoms with Gasteiger partial charge >= 0.3 is 18.1 Å². The van der Waals surface area contributed by atoms with Crippen molar-refractivity contribution in [2.45, 2.75) is 44.9 Å². The average Bonchev–Trinajstić information content (AvgIpc) is 2.65. The maximum atomic E-state index is 11.1. The van der Waals surface area contributed by atoms with Crippen molar-refractivity contribution >= 4 is 11.9 Å². The maximum Gasteiger partial charge on any atom is 0.490 e. The van der Waals surface area contributed by atoms with Crippen LogP contribution in [0.2, 0.25) is 0 Å². The molecule has 0 spiro atoms. The first-order valence-corrected chi connectivity index (χ1v) is 5.41. The third-order valence-electron chi connectivity index (χ3n) is 2.19. The number of aliphatic carboxylic acids is 1. The molecule has 2 unspecified atom stereocenters. The van der Waals surface area contributed by atoms with Gasteiger partial charge in [-0.3, -0.25) is 4.79 Å². The van der Waals surface area contributed by atoms with Gasteiger partial charge in [-0.2, -0.15) is 13.2 Å². The predicted octanol–water partition coefficient (Wildman–Crippen LogP) is 1.32. The summed E-state index contributed by atoms with van der Waals surface area (Å²) in [6, 6.07) is 0.411. The Morgan fingerprint density at radius 1 is 1.39 bits per heavy atom. The first kappa shape index (κ1) is 16.7. The van der Waals surface area contributed by atoms with Gasteiger partial charge in [-0.25, -0.2) is 4.79 Å². The van der Waals surface area contributed by atoms with Crippen LogP contribution in [0, 0.1) is 0 Å². The highest BCUT2D eigenvalue weighted by atomic mass is 19.4. The number of hydrogen-bond acceptors (Lipinski definition) is 4. The fourth-order valence-corrected chi connectivity index (χ4v) is 1.36. The Hall–Kier alpha value is -1.31. The van der Waals surface area contributed by atoms with Crippen molar-refractivity contribution in [2.24, 2.45) is 0 Å². The second-order valence-corrected chi connectivity index (χ2v) is 3.75. The number of rotatable bonds is 2. The summed E-state index contributed by atoms with van der Waals surface area (Å²) in [7, 11) is 0. The van der Waals surface area contributed by atoms with Crippen molar-refractivity contribution in [3.63, 3.8) is 0 Å². The molecule has 0 bridgehead atoms. The van der Waals surface area contributed by atoms with Crippen LogP contribution in [0.1, 0.15) is 26.7 Å². The minimum absolute atomic E-state index is 0.0510. The molecule has 0 amide bonds. The van der Waals surface area contributed by atoms with Crippen molar-refractivity contribution in [3.8, 4) is 0 Å². The van der Waals surface area contributed by atoms with Gasteiger partial charge in [0.2, 0.25) is 0 Å². The molecule has 5 nitrogen and oxygen atoms in total. The van der Waals surface area contributed by atoms with Gasteiger partial charge in [0.25, 0.3) is 0 Å². The van der Waals surface area contributed by atoms with Gasteiger partial charge in [-0.05, 0) is 26.7 Å². The minimum Gasteiger partial charge on any atom is -0.475 e. The fourth-order valence-electron chi connectivity index (χ4n) is 1.36. The fraction of sp³-hybridized carbons (Fsp3) is 0.800. The molecule has 2 N–H and O–H groups in total. The van der Waals surface area contributed by atoms with Crippen LogP contribution in [0.5, 0.6) is 0 Å². The Morgan fingerprint density at radius 2 is 1.89 bits per heavy atom. The predicted molar refractivity (Wildman–Crippen MR) is 55.9 cm³/mol. The van der Waals surface area contributed by atoms with E-state index in [0.29, 0.717) is 12.6 Å². The van der Waals surface area contributed by atoms with E-state index in [2.05, 4.69) is 12.2 Å². The maximum absolute atomic E-state index is 11.1. The quantitative estimate of drug-likeness (QED) is 0.741. The molecular formula is C10H16F3NO4. The highest BCUT2D eigenvalue weighted by molar-refractivity contribution is 5.76. The number of ether oxygens (including phenoxy) is 1. The Labute approximate surface area is 102 Å². The molecule has 1 fully saturated rings. The first-order valence-electron chi connectivity index (χ1n) is 5.41. The Morgan fingerprint density at radius 3 is 2.17 bits per heavy atom. The van der Waals surface area contributed by atoms with E-state index in [0.717, 1.165) is 12.8 Å². The number of nitrogens with one attached hydrogen (secondary N) is 1. The number of halogens is 3. The monoisotopic (exact) mass is 271 g/mol. The number of carboxylic acids is 1. The topological polar surface area (TPSA) is 75.6 Å². The second-order valence-electron chi connectivity index (χ2n) is 3.75.